The summed E-state index contributed by atoms with van der Waals surface area (Å²) in [5.41, 5.74) is 2.56. The summed E-state index contributed by atoms with van der Waals surface area (Å²) >= 11 is 0. The number of hydrogen-bond donors (Lipinski definition) is 3. The molecule has 0 aromatic carbocycles. The lowest BCUT2D eigenvalue weighted by molar-refractivity contribution is -0.0907. The highest BCUT2D eigenvalue weighted by atomic mass is 16.5. The summed E-state index contributed by atoms with van der Waals surface area (Å²) in [7, 11) is 0. The quantitative estimate of drug-likeness (QED) is 0.335. The van der Waals surface area contributed by atoms with Crippen molar-refractivity contribution in [1.29, 1.82) is 0 Å². The van der Waals surface area contributed by atoms with Crippen molar-refractivity contribution >= 4 is 0 Å². The number of hydrazine groups is 3. The lowest BCUT2D eigenvalue weighted by Gasteiger charge is -2.33. The second-order valence-corrected chi connectivity index (χ2v) is 2.68. The molecule has 6 nitrogen and oxygen atoms in total. The molecule has 0 unspecified atom stereocenters. The van der Waals surface area contributed by atoms with Crippen molar-refractivity contribution in [2.45, 2.75) is 0 Å². The molecule has 1 aliphatic heterocycles. The molecule has 0 amide bonds. The predicted octanol–water partition coefficient (Wildman–Crippen LogP) is -2.13. The lowest BCUT2D eigenvalue weighted by Crippen LogP contribution is -2.54. The second kappa shape index (κ2) is 5.41. The van der Waals surface area contributed by atoms with Gasteiger partial charge in [-0.25, -0.2) is 5.01 Å². The molecule has 12 heavy (non-hydrogen) atoms. The maximum absolute atomic E-state index is 5.74. The number of nitrogens with one attached hydrogen (secondary N) is 1. The molecule has 1 rings (SSSR count). The Morgan fingerprint density at radius 2 is 2.08 bits per heavy atom. The molecule has 0 radical (unpaired) electrons. The largest absolute Gasteiger partial charge is 0.379 e. The van der Waals surface area contributed by atoms with Gasteiger partial charge >= 0.3 is 0 Å². The van der Waals surface area contributed by atoms with Gasteiger partial charge in [-0.2, -0.15) is 5.12 Å². The van der Waals surface area contributed by atoms with Crippen molar-refractivity contribution in [1.82, 2.24) is 15.6 Å². The summed E-state index contributed by atoms with van der Waals surface area (Å²) in [6, 6.07) is 0. The zero-order valence-electron chi connectivity index (χ0n) is 7.20. The van der Waals surface area contributed by atoms with Crippen LogP contribution < -0.4 is 17.1 Å². The van der Waals surface area contributed by atoms with E-state index in [0.717, 1.165) is 32.8 Å². The van der Waals surface area contributed by atoms with Crippen molar-refractivity contribution in [2.75, 3.05) is 39.4 Å². The third kappa shape index (κ3) is 3.02. The van der Waals surface area contributed by atoms with Crippen LogP contribution in [0.3, 0.4) is 0 Å². The molecule has 0 bridgehead atoms. The van der Waals surface area contributed by atoms with E-state index < -0.39 is 0 Å². The average Bonchev–Trinajstić information content (AvgIpc) is 2.15. The normalized spacial score (nSPS) is 20.2. The van der Waals surface area contributed by atoms with Crippen molar-refractivity contribution in [3.05, 3.63) is 0 Å². The van der Waals surface area contributed by atoms with E-state index in [-0.39, 0.29) is 0 Å². The summed E-state index contributed by atoms with van der Waals surface area (Å²) in [6.07, 6.45) is 0. The van der Waals surface area contributed by atoms with Crippen molar-refractivity contribution in [2.24, 2.45) is 11.7 Å². The van der Waals surface area contributed by atoms with Crippen LogP contribution >= 0.6 is 0 Å². The molecule has 0 aliphatic carbocycles. The molecule has 0 aromatic heterocycles. The average molecular weight is 175 g/mol. The van der Waals surface area contributed by atoms with E-state index in [1.165, 1.54) is 0 Å². The maximum atomic E-state index is 5.74. The van der Waals surface area contributed by atoms with Gasteiger partial charge in [0.2, 0.25) is 0 Å². The van der Waals surface area contributed by atoms with E-state index in [0.29, 0.717) is 6.54 Å². The Hall–Kier alpha value is -0.240. The smallest absolute Gasteiger partial charge is 0.0608 e. The van der Waals surface area contributed by atoms with Crippen LogP contribution in [0.1, 0.15) is 0 Å². The van der Waals surface area contributed by atoms with Crippen molar-refractivity contribution in [3.63, 3.8) is 0 Å². The molecule has 0 aromatic rings. The number of hydrogen-bond acceptors (Lipinski definition) is 6. The first kappa shape index (κ1) is 9.85. The first-order chi connectivity index (χ1) is 5.84. The van der Waals surface area contributed by atoms with Crippen LogP contribution in [0.25, 0.3) is 0 Å². The standard InChI is InChI=1S/C6H17N5O/c7-9-1-2-11(8)10-3-5-12-6-4-10/h9H,1-8H2. The molecule has 1 fully saturated rings. The van der Waals surface area contributed by atoms with Gasteiger partial charge in [-0.15, -0.1) is 0 Å². The molecule has 72 valence electrons. The van der Waals surface area contributed by atoms with Gasteiger partial charge in [0, 0.05) is 26.2 Å². The van der Waals surface area contributed by atoms with Crippen LogP contribution in [0.2, 0.25) is 0 Å². The topological polar surface area (TPSA) is 79.8 Å². The van der Waals surface area contributed by atoms with Crippen molar-refractivity contribution in [3.8, 4) is 0 Å². The molecule has 1 aliphatic rings. The van der Waals surface area contributed by atoms with Gasteiger partial charge in [0.05, 0.1) is 13.2 Å². The van der Waals surface area contributed by atoms with E-state index in [9.17, 15) is 0 Å². The number of nitrogens with zero attached hydrogens (tertiary/aromatic N) is 2. The number of nitrogens with two attached hydrogens (primary N) is 2. The van der Waals surface area contributed by atoms with Crippen LogP contribution in [0.5, 0.6) is 0 Å². The van der Waals surface area contributed by atoms with Crippen LogP contribution in [0.15, 0.2) is 0 Å². The second-order valence-electron chi connectivity index (χ2n) is 2.68. The molecule has 1 saturated heterocycles. The van der Waals surface area contributed by atoms with E-state index in [1.54, 1.807) is 5.12 Å². The fraction of sp³-hybridized carbons (Fsp3) is 1.00. The van der Waals surface area contributed by atoms with Gasteiger partial charge in [-0.3, -0.25) is 17.1 Å². The van der Waals surface area contributed by atoms with Crippen LogP contribution in [0.4, 0.5) is 0 Å². The molecular formula is C6H17N5O. The Balaban J connectivity index is 2.15. The van der Waals surface area contributed by atoms with E-state index in [4.69, 9.17) is 16.4 Å². The molecular weight excluding hydrogens is 158 g/mol. The fourth-order valence-electron chi connectivity index (χ4n) is 1.13. The molecule has 0 spiro atoms. The third-order valence-corrected chi connectivity index (χ3v) is 1.84. The third-order valence-electron chi connectivity index (χ3n) is 1.84. The molecule has 1 heterocycles. The van der Waals surface area contributed by atoms with E-state index in [1.807, 2.05) is 0 Å². The Kier molecular flexibility index (Phi) is 4.44. The van der Waals surface area contributed by atoms with E-state index in [2.05, 4.69) is 10.4 Å². The fourth-order valence-corrected chi connectivity index (χ4v) is 1.13. The van der Waals surface area contributed by atoms with Gasteiger partial charge in [0.15, 0.2) is 0 Å². The highest BCUT2D eigenvalue weighted by molar-refractivity contribution is 4.57. The van der Waals surface area contributed by atoms with Crippen LogP contribution in [-0.2, 0) is 4.74 Å². The summed E-state index contributed by atoms with van der Waals surface area (Å²) in [4.78, 5) is 0. The van der Waals surface area contributed by atoms with Gasteiger partial charge in [0.25, 0.3) is 0 Å². The minimum atomic E-state index is 0.688. The number of rotatable bonds is 4. The van der Waals surface area contributed by atoms with Crippen LogP contribution in [0, 0.1) is 0 Å². The first-order valence-corrected chi connectivity index (χ1v) is 4.13. The first-order valence-electron chi connectivity index (χ1n) is 4.13. The van der Waals surface area contributed by atoms with Gasteiger partial charge < -0.3 is 4.74 Å². The highest BCUT2D eigenvalue weighted by Crippen LogP contribution is 1.97. The minimum Gasteiger partial charge on any atom is -0.379 e. The van der Waals surface area contributed by atoms with Gasteiger partial charge in [0.1, 0.15) is 0 Å². The van der Waals surface area contributed by atoms with Crippen LogP contribution in [-0.4, -0.2) is 49.5 Å². The molecule has 0 saturated carbocycles. The summed E-state index contributed by atoms with van der Waals surface area (Å²) < 4.78 is 5.19. The van der Waals surface area contributed by atoms with Gasteiger partial charge in [-0.05, 0) is 0 Å². The maximum Gasteiger partial charge on any atom is 0.0608 e. The van der Waals surface area contributed by atoms with E-state index >= 15 is 0 Å². The SMILES string of the molecule is NNCCN(N)N1CCOCC1. The zero-order chi connectivity index (χ0) is 8.81. The number of morpholine rings is 1. The lowest BCUT2D eigenvalue weighted by atomic mass is 10.5. The number of ether oxygens (including phenoxy) is 1. The molecule has 5 N–H and O–H groups in total. The Labute approximate surface area is 72.3 Å². The summed E-state index contributed by atoms with van der Waals surface area (Å²) in [5, 5.41) is 3.74. The predicted molar refractivity (Wildman–Crippen MR) is 45.5 cm³/mol. The zero-order valence-corrected chi connectivity index (χ0v) is 7.20. The van der Waals surface area contributed by atoms with Gasteiger partial charge in [-0.1, -0.05) is 0 Å². The monoisotopic (exact) mass is 175 g/mol. The Bertz CT molecular complexity index is 117. The Morgan fingerprint density at radius 1 is 1.42 bits per heavy atom. The summed E-state index contributed by atoms with van der Waals surface area (Å²) in [6.45, 7) is 4.64. The highest BCUT2D eigenvalue weighted by Gasteiger charge is 2.14. The molecule has 0 atom stereocenters. The molecule has 6 heteroatoms. The van der Waals surface area contributed by atoms with Crippen molar-refractivity contribution < 1.29 is 4.74 Å². The minimum absolute atomic E-state index is 0.688. The Morgan fingerprint density at radius 3 is 2.67 bits per heavy atom. The summed E-state index contributed by atoms with van der Waals surface area (Å²) in [5.74, 6) is 10.9.